The quantitative estimate of drug-likeness (QED) is 0.719. The molecule has 0 aromatic heterocycles. The Morgan fingerprint density at radius 1 is 1.35 bits per heavy atom. The molecule has 0 heterocycles. The van der Waals surface area contributed by atoms with Crippen LogP contribution >= 0.6 is 0 Å². The van der Waals surface area contributed by atoms with Crippen LogP contribution in [0.1, 0.15) is 59.8 Å². The first-order chi connectivity index (χ1) is 12.1. The van der Waals surface area contributed by atoms with Gasteiger partial charge in [-0.2, -0.15) is 0 Å². The second kappa shape index (κ2) is 5.28. The van der Waals surface area contributed by atoms with E-state index in [2.05, 4.69) is 26.5 Å². The summed E-state index contributed by atoms with van der Waals surface area (Å²) in [5.41, 5.74) is 1.82. The van der Waals surface area contributed by atoms with Gasteiger partial charge in [0, 0.05) is 17.3 Å². The normalized spacial score (nSPS) is 47.5. The largest absolute Gasteiger partial charge is 0.381 e. The molecule has 2 fully saturated rings. The number of carbonyl (C=O) groups excluding carboxylic acids is 2. The molecule has 4 aliphatic carbocycles. The van der Waals surface area contributed by atoms with Gasteiger partial charge in [-0.05, 0) is 62.0 Å². The minimum Gasteiger partial charge on any atom is -0.381 e. The van der Waals surface area contributed by atoms with Gasteiger partial charge in [0.15, 0.2) is 11.6 Å². The number of Topliss-reactive ketones (excluding diaryl/α,β-unsaturated/α-hetero) is 1. The van der Waals surface area contributed by atoms with Crippen molar-refractivity contribution in [1.82, 2.24) is 0 Å². The molecule has 0 spiro atoms. The number of rotatable bonds is 1. The predicted molar refractivity (Wildman–Crippen MR) is 101 cm³/mol. The van der Waals surface area contributed by atoms with Gasteiger partial charge in [0.05, 0.1) is 0 Å². The van der Waals surface area contributed by atoms with E-state index in [0.29, 0.717) is 12.3 Å². The lowest BCUT2D eigenvalue weighted by Crippen LogP contribution is -2.56. The van der Waals surface area contributed by atoms with Crippen molar-refractivity contribution in [3.05, 3.63) is 35.5 Å². The van der Waals surface area contributed by atoms with E-state index in [1.165, 1.54) is 12.5 Å². The van der Waals surface area contributed by atoms with Crippen molar-refractivity contribution in [2.24, 2.45) is 28.6 Å². The van der Waals surface area contributed by atoms with E-state index >= 15 is 0 Å². The number of allylic oxidation sites excluding steroid dienone is 5. The van der Waals surface area contributed by atoms with Crippen molar-refractivity contribution in [2.45, 2.75) is 65.4 Å². The number of hydrogen-bond acceptors (Lipinski definition) is 3. The lowest BCUT2D eigenvalue weighted by atomic mass is 9.49. The maximum absolute atomic E-state index is 12.5. The Kier molecular flexibility index (Phi) is 3.64. The van der Waals surface area contributed by atoms with Crippen LogP contribution in [-0.2, 0) is 9.59 Å². The van der Waals surface area contributed by atoms with Crippen molar-refractivity contribution in [3.8, 4) is 0 Å². The Morgan fingerprint density at radius 2 is 2.04 bits per heavy atom. The molecular weight excluding hydrogens is 324 g/mol. The molecule has 26 heavy (non-hydrogen) atoms. The maximum atomic E-state index is 12.5. The molecule has 0 aliphatic heterocycles. The molecule has 3 nitrogen and oxygen atoms in total. The molecule has 140 valence electrons. The zero-order valence-corrected chi connectivity index (χ0v) is 16.4. The third-order valence-corrected chi connectivity index (χ3v) is 8.43. The van der Waals surface area contributed by atoms with Crippen LogP contribution in [0.15, 0.2) is 35.5 Å². The van der Waals surface area contributed by atoms with Crippen LogP contribution in [0, 0.1) is 28.6 Å². The first-order valence-electron chi connectivity index (χ1n) is 9.93. The average Bonchev–Trinajstić information content (AvgIpc) is 2.78. The number of fused-ring (bicyclic) bond motifs is 5. The van der Waals surface area contributed by atoms with Gasteiger partial charge < -0.3 is 5.11 Å². The van der Waals surface area contributed by atoms with E-state index in [-0.39, 0.29) is 28.8 Å². The van der Waals surface area contributed by atoms with Crippen molar-refractivity contribution in [2.75, 3.05) is 0 Å². The highest BCUT2D eigenvalue weighted by molar-refractivity contribution is 5.93. The van der Waals surface area contributed by atoms with Gasteiger partial charge >= 0.3 is 0 Å². The average molecular weight is 354 g/mol. The molecule has 1 N–H and O–H groups in total. The Morgan fingerprint density at radius 3 is 2.69 bits per heavy atom. The van der Waals surface area contributed by atoms with Crippen LogP contribution in [0.3, 0.4) is 0 Å². The van der Waals surface area contributed by atoms with Crippen LogP contribution in [-0.4, -0.2) is 22.3 Å². The first-order valence-corrected chi connectivity index (χ1v) is 9.93. The highest BCUT2D eigenvalue weighted by Crippen LogP contribution is 2.67. The van der Waals surface area contributed by atoms with E-state index in [1.54, 1.807) is 0 Å². The van der Waals surface area contributed by atoms with Crippen molar-refractivity contribution < 1.29 is 14.7 Å². The molecule has 4 rings (SSSR count). The van der Waals surface area contributed by atoms with Gasteiger partial charge in [0.2, 0.25) is 0 Å². The molecule has 0 saturated heterocycles. The summed E-state index contributed by atoms with van der Waals surface area (Å²) in [4.78, 5) is 24.4. The van der Waals surface area contributed by atoms with Crippen molar-refractivity contribution in [3.63, 3.8) is 0 Å². The smallest absolute Gasteiger partial charge is 0.162 e. The molecule has 4 aliphatic rings. The minimum absolute atomic E-state index is 0.0336. The van der Waals surface area contributed by atoms with E-state index in [1.807, 2.05) is 13.0 Å². The molecule has 3 heteroatoms. The molecule has 0 unspecified atom stereocenters. The summed E-state index contributed by atoms with van der Waals surface area (Å²) in [5, 5.41) is 11.4. The number of aliphatic hydroxyl groups is 1. The molecule has 0 aromatic carbocycles. The Bertz CT molecular complexity index is 787. The predicted octanol–water partition coefficient (Wildman–Crippen LogP) is 4.17. The summed E-state index contributed by atoms with van der Waals surface area (Å²) in [7, 11) is 0. The minimum atomic E-state index is -1.25. The fourth-order valence-electron chi connectivity index (χ4n) is 6.97. The summed E-state index contributed by atoms with van der Waals surface area (Å²) in [5.74, 6) is 0.663. The third kappa shape index (κ3) is 1.93. The fourth-order valence-corrected chi connectivity index (χ4v) is 6.97. The van der Waals surface area contributed by atoms with Crippen LogP contribution < -0.4 is 0 Å². The lowest BCUT2D eigenvalue weighted by molar-refractivity contribution is -0.156. The summed E-state index contributed by atoms with van der Waals surface area (Å²) in [6.07, 6.45) is 7.98. The van der Waals surface area contributed by atoms with Crippen LogP contribution in [0.25, 0.3) is 0 Å². The van der Waals surface area contributed by atoms with E-state index < -0.39 is 11.0 Å². The molecule has 0 radical (unpaired) electrons. The maximum Gasteiger partial charge on any atom is 0.162 e. The zero-order valence-electron chi connectivity index (χ0n) is 16.4. The molecule has 0 aromatic rings. The van der Waals surface area contributed by atoms with Gasteiger partial charge in [-0.3, -0.25) is 9.59 Å². The number of ketones is 2. The standard InChI is InChI=1S/C23H30O3/c1-13-10-17-18(21(4)8-6-16(25)12-19(13)21)7-9-22(5)20(17)11-14(2)23(22,26)15(3)24/h7,12,14,17,20,26H,1,6,8-11H2,2-5H3/t14-,17+,20-,21+,22-,23-/m0/s1. The molecule has 0 bridgehead atoms. The number of carbonyl (C=O) groups is 2. The third-order valence-electron chi connectivity index (χ3n) is 8.43. The summed E-state index contributed by atoms with van der Waals surface area (Å²) in [6, 6.07) is 0. The van der Waals surface area contributed by atoms with Crippen molar-refractivity contribution >= 4 is 11.6 Å². The van der Waals surface area contributed by atoms with Gasteiger partial charge in [0.25, 0.3) is 0 Å². The zero-order chi connectivity index (χ0) is 19.1. The SMILES string of the molecule is C=C1C[C@@H]2C(=CC[C@@]3(C)[C@H]2C[C@H](C)[C@]3(O)C(C)=O)[C@@]2(C)CCC(=O)C=C12. The number of hydrogen-bond donors (Lipinski definition) is 1. The Labute approximate surface area is 156 Å². The van der Waals surface area contributed by atoms with Gasteiger partial charge in [-0.15, -0.1) is 0 Å². The Hall–Kier alpha value is -1.48. The second-order valence-electron chi connectivity index (χ2n) is 9.62. The Balaban J connectivity index is 1.84. The topological polar surface area (TPSA) is 54.4 Å². The van der Waals surface area contributed by atoms with Gasteiger partial charge in [0.1, 0.15) is 5.60 Å². The van der Waals surface area contributed by atoms with E-state index in [9.17, 15) is 14.7 Å². The summed E-state index contributed by atoms with van der Waals surface area (Å²) < 4.78 is 0. The summed E-state index contributed by atoms with van der Waals surface area (Å²) >= 11 is 0. The van der Waals surface area contributed by atoms with Crippen molar-refractivity contribution in [1.29, 1.82) is 0 Å². The van der Waals surface area contributed by atoms with E-state index in [4.69, 9.17) is 0 Å². The highest BCUT2D eigenvalue weighted by Gasteiger charge is 2.66. The second-order valence-corrected chi connectivity index (χ2v) is 9.62. The molecule has 6 atom stereocenters. The van der Waals surface area contributed by atoms with Gasteiger partial charge in [-0.1, -0.05) is 44.6 Å². The van der Waals surface area contributed by atoms with Crippen LogP contribution in [0.2, 0.25) is 0 Å². The molecule has 0 amide bonds. The monoisotopic (exact) mass is 354 g/mol. The van der Waals surface area contributed by atoms with Crippen LogP contribution in [0.4, 0.5) is 0 Å². The molecule has 2 saturated carbocycles. The highest BCUT2D eigenvalue weighted by atomic mass is 16.3. The van der Waals surface area contributed by atoms with E-state index in [0.717, 1.165) is 36.8 Å². The molecular formula is C23H30O3. The fraction of sp³-hybridized carbons (Fsp3) is 0.652. The van der Waals surface area contributed by atoms with Gasteiger partial charge in [-0.25, -0.2) is 0 Å². The first kappa shape index (κ1) is 17.9. The van der Waals surface area contributed by atoms with Crippen LogP contribution in [0.5, 0.6) is 0 Å². The lowest BCUT2D eigenvalue weighted by Gasteiger charge is -2.55. The summed E-state index contributed by atoms with van der Waals surface area (Å²) in [6.45, 7) is 12.2.